The van der Waals surface area contributed by atoms with Gasteiger partial charge in [0.2, 0.25) is 5.91 Å². The molecule has 0 aliphatic heterocycles. The zero-order valence-corrected chi connectivity index (χ0v) is 13.7. The van der Waals surface area contributed by atoms with E-state index in [-0.39, 0.29) is 19.1 Å². The van der Waals surface area contributed by atoms with Gasteiger partial charge in [-0.2, -0.15) is 0 Å². The number of nitrogens with one attached hydrogen (secondary N) is 1. The molecule has 0 saturated carbocycles. The van der Waals surface area contributed by atoms with E-state index in [0.29, 0.717) is 16.5 Å². The lowest BCUT2D eigenvalue weighted by molar-refractivity contribution is -0.135. The van der Waals surface area contributed by atoms with E-state index in [9.17, 15) is 14.0 Å². The summed E-state index contributed by atoms with van der Waals surface area (Å²) in [6, 6.07) is 12.2. The molecule has 126 valence electrons. The minimum Gasteiger partial charge on any atom is -0.484 e. The van der Waals surface area contributed by atoms with Crippen LogP contribution in [0.3, 0.4) is 0 Å². The van der Waals surface area contributed by atoms with Crippen LogP contribution in [0.4, 0.5) is 10.1 Å². The first kappa shape index (κ1) is 17.7. The second-order valence-corrected chi connectivity index (χ2v) is 5.49. The highest BCUT2D eigenvalue weighted by Crippen LogP contribution is 2.17. The Morgan fingerprint density at radius 3 is 2.67 bits per heavy atom. The van der Waals surface area contributed by atoms with Crippen molar-refractivity contribution in [2.75, 3.05) is 25.5 Å². The molecule has 0 heterocycles. The third kappa shape index (κ3) is 5.55. The van der Waals surface area contributed by atoms with E-state index in [1.807, 2.05) is 0 Å². The van der Waals surface area contributed by atoms with Crippen LogP contribution < -0.4 is 10.1 Å². The Hall–Kier alpha value is -2.60. The number of anilines is 1. The molecule has 5 nitrogen and oxygen atoms in total. The van der Waals surface area contributed by atoms with Crippen molar-refractivity contribution in [2.45, 2.75) is 0 Å². The fourth-order valence-corrected chi connectivity index (χ4v) is 2.06. The lowest BCUT2D eigenvalue weighted by atomic mass is 10.3. The molecule has 0 unspecified atom stereocenters. The van der Waals surface area contributed by atoms with Gasteiger partial charge in [-0.05, 0) is 36.4 Å². The number of hydrogen-bond donors (Lipinski definition) is 1. The Morgan fingerprint density at radius 1 is 1.21 bits per heavy atom. The van der Waals surface area contributed by atoms with Crippen molar-refractivity contribution >= 4 is 29.1 Å². The molecule has 0 radical (unpaired) electrons. The maximum Gasteiger partial charge on any atom is 0.260 e. The summed E-state index contributed by atoms with van der Waals surface area (Å²) < 4.78 is 18.4. The Labute approximate surface area is 144 Å². The number of carbonyl (C=O) groups excluding carboxylic acids is 2. The number of hydrogen-bond acceptors (Lipinski definition) is 3. The zero-order valence-electron chi connectivity index (χ0n) is 13.0. The van der Waals surface area contributed by atoms with Crippen LogP contribution in [0.2, 0.25) is 5.02 Å². The van der Waals surface area contributed by atoms with Gasteiger partial charge in [0, 0.05) is 17.8 Å². The SMILES string of the molecule is CN(CC(=O)Nc1cccc(F)c1)C(=O)COc1cccc(Cl)c1. The number of halogens is 2. The number of rotatable bonds is 6. The Morgan fingerprint density at radius 2 is 1.96 bits per heavy atom. The fourth-order valence-electron chi connectivity index (χ4n) is 1.88. The first-order valence-electron chi connectivity index (χ1n) is 7.12. The van der Waals surface area contributed by atoms with Gasteiger partial charge in [0.1, 0.15) is 11.6 Å². The third-order valence-electron chi connectivity index (χ3n) is 3.07. The molecule has 2 aromatic rings. The van der Waals surface area contributed by atoms with E-state index < -0.39 is 11.7 Å². The molecule has 0 aromatic heterocycles. The average Bonchev–Trinajstić information content (AvgIpc) is 2.52. The molecule has 0 fully saturated rings. The van der Waals surface area contributed by atoms with Crippen molar-refractivity contribution in [1.29, 1.82) is 0 Å². The van der Waals surface area contributed by atoms with Gasteiger partial charge < -0.3 is 15.0 Å². The van der Waals surface area contributed by atoms with Crippen molar-refractivity contribution in [3.8, 4) is 5.75 Å². The zero-order chi connectivity index (χ0) is 17.5. The molecule has 1 N–H and O–H groups in total. The number of amides is 2. The third-order valence-corrected chi connectivity index (χ3v) is 3.31. The van der Waals surface area contributed by atoms with Gasteiger partial charge in [-0.1, -0.05) is 23.7 Å². The Kier molecular flexibility index (Phi) is 6.14. The summed E-state index contributed by atoms with van der Waals surface area (Å²) in [5, 5.41) is 3.02. The van der Waals surface area contributed by atoms with Gasteiger partial charge in [-0.15, -0.1) is 0 Å². The average molecular weight is 351 g/mol. The van der Waals surface area contributed by atoms with Crippen molar-refractivity contribution in [2.24, 2.45) is 0 Å². The van der Waals surface area contributed by atoms with E-state index in [2.05, 4.69) is 5.32 Å². The molecule has 0 bridgehead atoms. The smallest absolute Gasteiger partial charge is 0.260 e. The molecule has 7 heteroatoms. The molecule has 0 saturated heterocycles. The summed E-state index contributed by atoms with van der Waals surface area (Å²) in [5.41, 5.74) is 0.330. The van der Waals surface area contributed by atoms with Crippen LogP contribution in [-0.2, 0) is 9.59 Å². The van der Waals surface area contributed by atoms with Gasteiger partial charge in [-0.3, -0.25) is 9.59 Å². The van der Waals surface area contributed by atoms with Crippen LogP contribution in [0.25, 0.3) is 0 Å². The number of nitrogens with zero attached hydrogens (tertiary/aromatic N) is 1. The second kappa shape index (κ2) is 8.31. The van der Waals surface area contributed by atoms with Crippen LogP contribution in [0.1, 0.15) is 0 Å². The number of ether oxygens (including phenoxy) is 1. The molecule has 2 aromatic carbocycles. The number of carbonyl (C=O) groups is 2. The maximum atomic E-state index is 13.1. The summed E-state index contributed by atoms with van der Waals surface area (Å²) in [7, 11) is 1.48. The number of benzene rings is 2. The van der Waals surface area contributed by atoms with Gasteiger partial charge in [0.25, 0.3) is 5.91 Å². The fraction of sp³-hybridized carbons (Fsp3) is 0.176. The maximum absolute atomic E-state index is 13.1. The van der Waals surface area contributed by atoms with Gasteiger partial charge in [0.15, 0.2) is 6.61 Å². The predicted molar refractivity (Wildman–Crippen MR) is 89.6 cm³/mol. The molecular weight excluding hydrogens is 335 g/mol. The summed E-state index contributed by atoms with van der Waals surface area (Å²) in [4.78, 5) is 25.1. The lowest BCUT2D eigenvalue weighted by Crippen LogP contribution is -2.37. The van der Waals surface area contributed by atoms with Gasteiger partial charge in [0.05, 0.1) is 6.54 Å². The molecular formula is C17H16ClFN2O3. The van der Waals surface area contributed by atoms with Crippen LogP contribution in [0, 0.1) is 5.82 Å². The molecule has 0 atom stereocenters. The van der Waals surface area contributed by atoms with Crippen LogP contribution in [-0.4, -0.2) is 36.9 Å². The minimum atomic E-state index is -0.452. The lowest BCUT2D eigenvalue weighted by Gasteiger charge is -2.17. The van der Waals surface area contributed by atoms with Crippen molar-refractivity contribution < 1.29 is 18.7 Å². The van der Waals surface area contributed by atoms with E-state index in [4.69, 9.17) is 16.3 Å². The molecule has 0 spiro atoms. The van der Waals surface area contributed by atoms with E-state index in [0.717, 1.165) is 0 Å². The minimum absolute atomic E-state index is 0.172. The summed E-state index contributed by atoms with van der Waals surface area (Å²) in [6.45, 7) is -0.391. The normalized spacial score (nSPS) is 10.1. The highest BCUT2D eigenvalue weighted by molar-refractivity contribution is 6.30. The Bertz CT molecular complexity index is 739. The molecule has 0 aliphatic carbocycles. The molecule has 24 heavy (non-hydrogen) atoms. The molecule has 2 amide bonds. The van der Waals surface area contributed by atoms with Crippen LogP contribution >= 0.6 is 11.6 Å². The quantitative estimate of drug-likeness (QED) is 0.871. The first-order valence-corrected chi connectivity index (χ1v) is 7.49. The standard InChI is InChI=1S/C17H16ClFN2O3/c1-21(10-16(22)20-14-6-3-5-13(19)9-14)17(23)11-24-15-7-2-4-12(18)8-15/h2-9H,10-11H2,1H3,(H,20,22). The van der Waals surface area contributed by atoms with Crippen molar-refractivity contribution in [3.05, 3.63) is 59.4 Å². The summed E-state index contributed by atoms with van der Waals surface area (Å²) in [6.07, 6.45) is 0. The largest absolute Gasteiger partial charge is 0.484 e. The summed E-state index contributed by atoms with van der Waals surface area (Å²) >= 11 is 5.82. The highest BCUT2D eigenvalue weighted by Gasteiger charge is 2.14. The molecule has 2 rings (SSSR count). The van der Waals surface area contributed by atoms with Crippen LogP contribution in [0.15, 0.2) is 48.5 Å². The van der Waals surface area contributed by atoms with Gasteiger partial charge in [-0.25, -0.2) is 4.39 Å². The first-order chi connectivity index (χ1) is 11.4. The second-order valence-electron chi connectivity index (χ2n) is 5.05. The topological polar surface area (TPSA) is 58.6 Å². The molecule has 0 aliphatic rings. The van der Waals surface area contributed by atoms with E-state index >= 15 is 0 Å². The number of likely N-dealkylation sites (N-methyl/N-ethyl adjacent to an activating group) is 1. The van der Waals surface area contributed by atoms with Crippen molar-refractivity contribution in [1.82, 2.24) is 4.90 Å². The predicted octanol–water partition coefficient (Wildman–Crippen LogP) is 2.96. The summed E-state index contributed by atoms with van der Waals surface area (Å²) in [5.74, 6) is -0.788. The van der Waals surface area contributed by atoms with Crippen LogP contribution in [0.5, 0.6) is 5.75 Å². The Balaban J connectivity index is 1.81. The van der Waals surface area contributed by atoms with E-state index in [1.54, 1.807) is 30.3 Å². The van der Waals surface area contributed by atoms with E-state index in [1.165, 1.54) is 30.1 Å². The van der Waals surface area contributed by atoms with Crippen molar-refractivity contribution in [3.63, 3.8) is 0 Å². The van der Waals surface area contributed by atoms with Gasteiger partial charge >= 0.3 is 0 Å². The monoisotopic (exact) mass is 350 g/mol. The highest BCUT2D eigenvalue weighted by atomic mass is 35.5.